The van der Waals surface area contributed by atoms with Gasteiger partial charge in [-0.05, 0) is 43.9 Å². The third-order valence-corrected chi connectivity index (χ3v) is 4.51. The van der Waals surface area contributed by atoms with Crippen LogP contribution in [0.4, 0.5) is 0 Å². The molecular formula is C14H25ClN2O2S. The summed E-state index contributed by atoms with van der Waals surface area (Å²) in [7, 11) is -3.51. The normalized spacial score (nSPS) is 12.3. The van der Waals surface area contributed by atoms with Crippen LogP contribution in [0.15, 0.2) is 29.2 Å². The molecule has 0 unspecified atom stereocenters. The molecule has 6 heteroatoms. The second-order valence-corrected chi connectivity index (χ2v) is 7.62. The first kappa shape index (κ1) is 19.4. The third-order valence-electron chi connectivity index (χ3n) is 2.80. The zero-order chi connectivity index (χ0) is 14.7. The Morgan fingerprint density at radius 1 is 1.20 bits per heavy atom. The molecular weight excluding hydrogens is 296 g/mol. The molecule has 0 atom stereocenters. The Labute approximate surface area is 128 Å². The highest BCUT2D eigenvalue weighted by atomic mass is 35.5. The molecule has 116 valence electrons. The number of benzene rings is 1. The van der Waals surface area contributed by atoms with Crippen LogP contribution in [-0.2, 0) is 16.4 Å². The molecule has 0 radical (unpaired) electrons. The van der Waals surface area contributed by atoms with Crippen LogP contribution in [0.1, 0.15) is 33.3 Å². The third kappa shape index (κ3) is 5.79. The van der Waals surface area contributed by atoms with E-state index in [9.17, 15) is 8.42 Å². The van der Waals surface area contributed by atoms with Gasteiger partial charge in [0.1, 0.15) is 0 Å². The average Bonchev–Trinajstić information content (AvgIpc) is 2.27. The van der Waals surface area contributed by atoms with Crippen molar-refractivity contribution in [2.75, 3.05) is 6.54 Å². The lowest BCUT2D eigenvalue weighted by molar-refractivity contribution is 0.462. The minimum absolute atomic E-state index is 0. The van der Waals surface area contributed by atoms with E-state index in [0.717, 1.165) is 12.0 Å². The summed E-state index contributed by atoms with van der Waals surface area (Å²) in [4.78, 5) is 0.279. The number of nitrogens with one attached hydrogen (secondary N) is 1. The fourth-order valence-corrected chi connectivity index (χ4v) is 3.16. The minimum atomic E-state index is -3.51. The molecule has 0 spiro atoms. The van der Waals surface area contributed by atoms with Crippen molar-refractivity contribution in [2.45, 2.75) is 44.6 Å². The van der Waals surface area contributed by atoms with Crippen molar-refractivity contribution in [2.24, 2.45) is 11.7 Å². The van der Waals surface area contributed by atoms with Gasteiger partial charge in [-0.25, -0.2) is 13.1 Å². The van der Waals surface area contributed by atoms with E-state index >= 15 is 0 Å². The number of hydrogen-bond donors (Lipinski definition) is 2. The van der Waals surface area contributed by atoms with E-state index in [1.54, 1.807) is 26.0 Å². The van der Waals surface area contributed by atoms with E-state index in [1.165, 1.54) is 0 Å². The molecule has 1 aromatic rings. The Balaban J connectivity index is 0.00000361. The zero-order valence-corrected chi connectivity index (χ0v) is 14.1. The van der Waals surface area contributed by atoms with Gasteiger partial charge in [0.25, 0.3) is 0 Å². The van der Waals surface area contributed by atoms with Gasteiger partial charge in [-0.3, -0.25) is 0 Å². The van der Waals surface area contributed by atoms with Gasteiger partial charge in [-0.2, -0.15) is 0 Å². The Kier molecular flexibility index (Phi) is 7.18. The predicted octanol–water partition coefficient (Wildman–Crippen LogP) is 2.32. The van der Waals surface area contributed by atoms with Crippen LogP contribution in [0.25, 0.3) is 0 Å². The second-order valence-electron chi connectivity index (χ2n) is 5.94. The van der Waals surface area contributed by atoms with Crippen LogP contribution in [0.2, 0.25) is 0 Å². The monoisotopic (exact) mass is 320 g/mol. The summed E-state index contributed by atoms with van der Waals surface area (Å²) >= 11 is 0. The first-order chi connectivity index (χ1) is 8.66. The van der Waals surface area contributed by atoms with Crippen LogP contribution in [0.3, 0.4) is 0 Å². The SMILES string of the molecule is CC(C)Cc1ccc(S(=O)(=O)NC(C)(C)CN)cc1.Cl. The highest BCUT2D eigenvalue weighted by Crippen LogP contribution is 2.15. The number of halogens is 1. The van der Waals surface area contributed by atoms with Crippen molar-refractivity contribution in [3.63, 3.8) is 0 Å². The summed E-state index contributed by atoms with van der Waals surface area (Å²) in [5.74, 6) is 0.553. The molecule has 1 rings (SSSR count). The van der Waals surface area contributed by atoms with Crippen molar-refractivity contribution in [3.8, 4) is 0 Å². The van der Waals surface area contributed by atoms with E-state index in [4.69, 9.17) is 5.73 Å². The van der Waals surface area contributed by atoms with Crippen molar-refractivity contribution in [1.82, 2.24) is 4.72 Å². The molecule has 0 aliphatic rings. The smallest absolute Gasteiger partial charge is 0.241 e. The van der Waals surface area contributed by atoms with Gasteiger partial charge >= 0.3 is 0 Å². The summed E-state index contributed by atoms with van der Waals surface area (Å²) in [6.45, 7) is 8.04. The maximum atomic E-state index is 12.2. The van der Waals surface area contributed by atoms with E-state index in [1.807, 2.05) is 12.1 Å². The Morgan fingerprint density at radius 2 is 1.70 bits per heavy atom. The van der Waals surface area contributed by atoms with Gasteiger partial charge in [0, 0.05) is 12.1 Å². The Morgan fingerprint density at radius 3 is 2.10 bits per heavy atom. The number of nitrogens with two attached hydrogens (primary N) is 1. The molecule has 0 bridgehead atoms. The fourth-order valence-electron chi connectivity index (χ4n) is 1.74. The standard InChI is InChI=1S/C14H24N2O2S.ClH/c1-11(2)9-12-5-7-13(8-6-12)19(17,18)16-14(3,4)10-15;/h5-8,11,16H,9-10,15H2,1-4H3;1H. The van der Waals surface area contributed by atoms with Crippen molar-refractivity contribution in [1.29, 1.82) is 0 Å². The number of hydrogen-bond acceptors (Lipinski definition) is 3. The summed E-state index contributed by atoms with van der Waals surface area (Å²) < 4.78 is 27.0. The lowest BCUT2D eigenvalue weighted by Crippen LogP contribution is -2.48. The largest absolute Gasteiger partial charge is 0.329 e. The van der Waals surface area contributed by atoms with Gasteiger partial charge < -0.3 is 5.73 Å². The summed E-state index contributed by atoms with van der Waals surface area (Å²) in [5, 5.41) is 0. The van der Waals surface area contributed by atoms with E-state index in [0.29, 0.717) is 5.92 Å². The molecule has 20 heavy (non-hydrogen) atoms. The van der Waals surface area contributed by atoms with Gasteiger partial charge in [-0.1, -0.05) is 26.0 Å². The first-order valence-electron chi connectivity index (χ1n) is 6.49. The predicted molar refractivity (Wildman–Crippen MR) is 85.7 cm³/mol. The van der Waals surface area contributed by atoms with Gasteiger partial charge in [0.15, 0.2) is 0 Å². The molecule has 0 saturated carbocycles. The van der Waals surface area contributed by atoms with Crippen molar-refractivity contribution < 1.29 is 8.42 Å². The first-order valence-corrected chi connectivity index (χ1v) is 7.97. The molecule has 1 aromatic carbocycles. The van der Waals surface area contributed by atoms with E-state index < -0.39 is 15.6 Å². The number of rotatable bonds is 6. The lowest BCUT2D eigenvalue weighted by Gasteiger charge is -2.23. The maximum absolute atomic E-state index is 12.2. The Hall–Kier alpha value is -0.620. The summed E-state index contributed by atoms with van der Waals surface area (Å²) in [6, 6.07) is 7.02. The van der Waals surface area contributed by atoms with Gasteiger partial charge in [0.2, 0.25) is 10.0 Å². The van der Waals surface area contributed by atoms with Crippen LogP contribution in [0.5, 0.6) is 0 Å². The second kappa shape index (κ2) is 7.41. The highest BCUT2D eigenvalue weighted by Gasteiger charge is 2.24. The molecule has 0 aliphatic heterocycles. The summed E-state index contributed by atoms with van der Waals surface area (Å²) in [6.07, 6.45) is 0.946. The van der Waals surface area contributed by atoms with Gasteiger partial charge in [-0.15, -0.1) is 12.4 Å². The molecule has 0 heterocycles. The molecule has 0 amide bonds. The number of sulfonamides is 1. The molecule has 0 aliphatic carbocycles. The lowest BCUT2D eigenvalue weighted by atomic mass is 10.0. The molecule has 4 nitrogen and oxygen atoms in total. The highest BCUT2D eigenvalue weighted by molar-refractivity contribution is 7.89. The maximum Gasteiger partial charge on any atom is 0.241 e. The molecule has 3 N–H and O–H groups in total. The summed E-state index contributed by atoms with van der Waals surface area (Å²) in [5.41, 5.74) is 6.05. The van der Waals surface area contributed by atoms with E-state index in [2.05, 4.69) is 18.6 Å². The topological polar surface area (TPSA) is 72.2 Å². The Bertz CT molecular complexity index is 510. The van der Waals surface area contributed by atoms with Crippen molar-refractivity contribution >= 4 is 22.4 Å². The molecule has 0 fully saturated rings. The average molecular weight is 321 g/mol. The molecule has 0 aromatic heterocycles. The van der Waals surface area contributed by atoms with Gasteiger partial charge in [0.05, 0.1) is 4.90 Å². The minimum Gasteiger partial charge on any atom is -0.329 e. The van der Waals surface area contributed by atoms with E-state index in [-0.39, 0.29) is 23.8 Å². The molecule has 0 saturated heterocycles. The van der Waals surface area contributed by atoms with Crippen LogP contribution in [-0.4, -0.2) is 20.5 Å². The van der Waals surface area contributed by atoms with Crippen LogP contribution < -0.4 is 10.5 Å². The fraction of sp³-hybridized carbons (Fsp3) is 0.571. The quantitative estimate of drug-likeness (QED) is 0.845. The van der Waals surface area contributed by atoms with Crippen LogP contribution >= 0.6 is 12.4 Å². The van der Waals surface area contributed by atoms with Crippen molar-refractivity contribution in [3.05, 3.63) is 29.8 Å². The zero-order valence-electron chi connectivity index (χ0n) is 12.5. The van der Waals surface area contributed by atoms with Crippen LogP contribution in [0, 0.1) is 5.92 Å².